The number of para-hydroxylation sites is 2. The van der Waals surface area contributed by atoms with Crippen LogP contribution < -0.4 is 4.90 Å². The lowest BCUT2D eigenvalue weighted by Crippen LogP contribution is -2.40. The van der Waals surface area contributed by atoms with Gasteiger partial charge in [-0.05, 0) is 43.7 Å². The molecule has 0 radical (unpaired) electrons. The Balaban J connectivity index is 0.00000280. The summed E-state index contributed by atoms with van der Waals surface area (Å²) in [5.41, 5.74) is 2.29. The van der Waals surface area contributed by atoms with Crippen molar-refractivity contribution in [3.63, 3.8) is 0 Å². The minimum absolute atomic E-state index is 0. The molecule has 0 spiro atoms. The van der Waals surface area contributed by atoms with Gasteiger partial charge in [0, 0.05) is 31.0 Å². The van der Waals surface area contributed by atoms with E-state index in [2.05, 4.69) is 34.1 Å². The van der Waals surface area contributed by atoms with Crippen molar-refractivity contribution in [1.82, 2.24) is 4.90 Å². The number of piperidine rings is 1. The molecule has 1 unspecified atom stereocenters. The molecule has 5 nitrogen and oxygen atoms in total. The molecule has 152 valence electrons. The van der Waals surface area contributed by atoms with E-state index < -0.39 is 5.97 Å². The first kappa shape index (κ1) is 22.2. The highest BCUT2D eigenvalue weighted by molar-refractivity contribution is 5.85. The third-order valence-corrected chi connectivity index (χ3v) is 5.00. The Morgan fingerprint density at radius 3 is 2.21 bits per heavy atom. The molecule has 0 amide bonds. The van der Waals surface area contributed by atoms with Crippen molar-refractivity contribution in [3.8, 4) is 0 Å². The Morgan fingerprint density at radius 1 is 1.04 bits per heavy atom. The molecule has 0 aliphatic carbocycles. The second-order valence-corrected chi connectivity index (χ2v) is 6.91. The van der Waals surface area contributed by atoms with Gasteiger partial charge in [0.05, 0.1) is 19.1 Å². The molecule has 28 heavy (non-hydrogen) atoms. The van der Waals surface area contributed by atoms with Gasteiger partial charge in [0.25, 0.3) is 0 Å². The minimum Gasteiger partial charge on any atom is -0.481 e. The summed E-state index contributed by atoms with van der Waals surface area (Å²) >= 11 is 0. The molecule has 2 aromatic rings. The molecule has 1 heterocycles. The highest BCUT2D eigenvalue weighted by Gasteiger charge is 2.24. The smallest absolute Gasteiger partial charge is 0.307 e. The van der Waals surface area contributed by atoms with Crippen LogP contribution in [0.25, 0.3) is 0 Å². The summed E-state index contributed by atoms with van der Waals surface area (Å²) in [6.45, 7) is 4.42. The van der Waals surface area contributed by atoms with E-state index in [1.807, 2.05) is 36.4 Å². The molecule has 0 saturated carbocycles. The number of aliphatic carboxylic acids is 1. The standard InChI is InChI=1S/C22H28N2O3.ClH/c25-22(26)19-8-7-13-23(18-19)14-16-27-17-15-24(20-9-3-1-4-10-20)21-11-5-2-6-12-21;/h1-6,9-12,19H,7-8,13-18H2,(H,25,26);1H. The minimum atomic E-state index is -0.679. The Hall–Kier alpha value is -2.08. The molecule has 2 aromatic carbocycles. The van der Waals surface area contributed by atoms with Crippen molar-refractivity contribution in [2.24, 2.45) is 5.92 Å². The van der Waals surface area contributed by atoms with E-state index in [9.17, 15) is 9.90 Å². The summed E-state index contributed by atoms with van der Waals surface area (Å²) in [5, 5.41) is 9.18. The number of anilines is 2. The normalized spacial score (nSPS) is 16.9. The number of ether oxygens (including phenoxy) is 1. The van der Waals surface area contributed by atoms with Crippen molar-refractivity contribution < 1.29 is 14.6 Å². The van der Waals surface area contributed by atoms with Crippen LogP contribution in [0.15, 0.2) is 60.7 Å². The lowest BCUT2D eigenvalue weighted by atomic mass is 9.98. The average molecular weight is 405 g/mol. The molecule has 3 rings (SSSR count). The van der Waals surface area contributed by atoms with Crippen molar-refractivity contribution >= 4 is 29.8 Å². The Morgan fingerprint density at radius 2 is 1.64 bits per heavy atom. The van der Waals surface area contributed by atoms with Gasteiger partial charge in [-0.2, -0.15) is 0 Å². The predicted octanol–water partition coefficient (Wildman–Crippen LogP) is 4.06. The molecule has 1 aliphatic heterocycles. The van der Waals surface area contributed by atoms with E-state index in [4.69, 9.17) is 4.74 Å². The fourth-order valence-electron chi connectivity index (χ4n) is 3.53. The van der Waals surface area contributed by atoms with Crippen LogP contribution in [0.4, 0.5) is 11.4 Å². The number of carboxylic acid groups (broad SMARTS) is 1. The zero-order valence-electron chi connectivity index (χ0n) is 16.1. The topological polar surface area (TPSA) is 53.0 Å². The Kier molecular flexibility index (Phi) is 9.28. The van der Waals surface area contributed by atoms with Gasteiger partial charge >= 0.3 is 5.97 Å². The fraction of sp³-hybridized carbons (Fsp3) is 0.409. The zero-order chi connectivity index (χ0) is 18.9. The number of hydrogen-bond acceptors (Lipinski definition) is 4. The van der Waals surface area contributed by atoms with Crippen molar-refractivity contribution in [2.75, 3.05) is 44.3 Å². The van der Waals surface area contributed by atoms with Gasteiger partial charge in [-0.1, -0.05) is 36.4 Å². The first-order valence-corrected chi connectivity index (χ1v) is 9.64. The summed E-state index contributed by atoms with van der Waals surface area (Å²) in [6.07, 6.45) is 1.74. The Bertz CT molecular complexity index is 660. The summed E-state index contributed by atoms with van der Waals surface area (Å²) < 4.78 is 5.87. The molecular formula is C22H29ClN2O3. The third-order valence-electron chi connectivity index (χ3n) is 5.00. The molecule has 0 aromatic heterocycles. The van der Waals surface area contributed by atoms with Crippen molar-refractivity contribution in [2.45, 2.75) is 12.8 Å². The summed E-state index contributed by atoms with van der Waals surface area (Å²) in [4.78, 5) is 15.6. The van der Waals surface area contributed by atoms with E-state index in [0.717, 1.165) is 43.9 Å². The first-order valence-electron chi connectivity index (χ1n) is 9.64. The van der Waals surface area contributed by atoms with Crippen LogP contribution in [0, 0.1) is 5.92 Å². The van der Waals surface area contributed by atoms with Gasteiger partial charge in [-0.25, -0.2) is 0 Å². The number of halogens is 1. The van der Waals surface area contributed by atoms with Gasteiger partial charge < -0.3 is 19.6 Å². The van der Waals surface area contributed by atoms with Crippen molar-refractivity contribution in [1.29, 1.82) is 0 Å². The maximum absolute atomic E-state index is 11.2. The van der Waals surface area contributed by atoms with Gasteiger partial charge in [0.1, 0.15) is 0 Å². The number of carboxylic acids is 1. The average Bonchev–Trinajstić information content (AvgIpc) is 2.72. The van der Waals surface area contributed by atoms with E-state index in [1.54, 1.807) is 0 Å². The Labute approximate surface area is 173 Å². The lowest BCUT2D eigenvalue weighted by molar-refractivity contribution is -0.143. The molecule has 1 fully saturated rings. The zero-order valence-corrected chi connectivity index (χ0v) is 16.9. The van der Waals surface area contributed by atoms with Crippen LogP contribution >= 0.6 is 12.4 Å². The van der Waals surface area contributed by atoms with E-state index in [0.29, 0.717) is 19.8 Å². The van der Waals surface area contributed by atoms with Crippen molar-refractivity contribution in [3.05, 3.63) is 60.7 Å². The quantitative estimate of drug-likeness (QED) is 0.639. The number of nitrogens with zero attached hydrogens (tertiary/aromatic N) is 2. The molecule has 6 heteroatoms. The first-order chi connectivity index (χ1) is 13.2. The summed E-state index contributed by atoms with van der Waals surface area (Å²) in [5.74, 6) is -0.910. The molecule has 1 aliphatic rings. The molecular weight excluding hydrogens is 376 g/mol. The SMILES string of the molecule is Cl.O=C(O)C1CCCN(CCOCCN(c2ccccc2)c2ccccc2)C1. The lowest BCUT2D eigenvalue weighted by Gasteiger charge is -2.30. The molecule has 0 bridgehead atoms. The largest absolute Gasteiger partial charge is 0.481 e. The van der Waals surface area contributed by atoms with Gasteiger partial charge in [0.2, 0.25) is 0 Å². The van der Waals surface area contributed by atoms with Crippen LogP contribution in [0.1, 0.15) is 12.8 Å². The van der Waals surface area contributed by atoms with Crippen LogP contribution in [0.3, 0.4) is 0 Å². The second-order valence-electron chi connectivity index (χ2n) is 6.91. The molecule has 1 N–H and O–H groups in total. The molecule has 1 saturated heterocycles. The third kappa shape index (κ3) is 6.51. The molecule has 1 atom stereocenters. The van der Waals surface area contributed by atoms with Gasteiger partial charge in [-0.3, -0.25) is 4.79 Å². The highest BCUT2D eigenvalue weighted by atomic mass is 35.5. The maximum atomic E-state index is 11.2. The highest BCUT2D eigenvalue weighted by Crippen LogP contribution is 2.24. The maximum Gasteiger partial charge on any atom is 0.307 e. The van der Waals surface area contributed by atoms with Gasteiger partial charge in [0.15, 0.2) is 0 Å². The number of benzene rings is 2. The number of likely N-dealkylation sites (tertiary alicyclic amines) is 1. The fourth-order valence-corrected chi connectivity index (χ4v) is 3.53. The van der Waals surface area contributed by atoms with E-state index in [-0.39, 0.29) is 18.3 Å². The number of hydrogen-bond donors (Lipinski definition) is 1. The van der Waals surface area contributed by atoms with Crippen LogP contribution in [0.2, 0.25) is 0 Å². The van der Waals surface area contributed by atoms with E-state index >= 15 is 0 Å². The monoisotopic (exact) mass is 404 g/mol. The van der Waals surface area contributed by atoms with Crippen LogP contribution in [0.5, 0.6) is 0 Å². The van der Waals surface area contributed by atoms with Gasteiger partial charge in [-0.15, -0.1) is 12.4 Å². The summed E-state index contributed by atoms with van der Waals surface area (Å²) in [7, 11) is 0. The predicted molar refractivity (Wildman–Crippen MR) is 115 cm³/mol. The van der Waals surface area contributed by atoms with Crippen LogP contribution in [-0.4, -0.2) is 55.4 Å². The van der Waals surface area contributed by atoms with Crippen LogP contribution in [-0.2, 0) is 9.53 Å². The van der Waals surface area contributed by atoms with E-state index in [1.165, 1.54) is 0 Å². The number of carbonyl (C=O) groups is 1. The second kappa shape index (κ2) is 11.7. The number of rotatable bonds is 9. The summed E-state index contributed by atoms with van der Waals surface area (Å²) in [6, 6.07) is 20.6.